The molecule has 0 heterocycles. The van der Waals surface area contributed by atoms with Gasteiger partial charge in [0, 0.05) is 30.5 Å². The number of hydrogen-bond acceptors (Lipinski definition) is 3. The van der Waals surface area contributed by atoms with E-state index in [9.17, 15) is 9.59 Å². The van der Waals surface area contributed by atoms with Crippen molar-refractivity contribution in [1.82, 2.24) is 5.32 Å². The van der Waals surface area contributed by atoms with E-state index in [-0.39, 0.29) is 24.3 Å². The van der Waals surface area contributed by atoms with Crippen molar-refractivity contribution in [3.05, 3.63) is 23.8 Å². The van der Waals surface area contributed by atoms with E-state index in [1.165, 1.54) is 12.8 Å². The number of aryl methyl sites for hydroxylation is 1. The molecule has 1 aliphatic carbocycles. The number of carbonyl (C=O) groups is 2. The number of anilines is 2. The maximum absolute atomic E-state index is 12.2. The van der Waals surface area contributed by atoms with E-state index >= 15 is 0 Å². The van der Waals surface area contributed by atoms with Gasteiger partial charge in [-0.2, -0.15) is 0 Å². The van der Waals surface area contributed by atoms with Crippen molar-refractivity contribution < 1.29 is 9.59 Å². The Kier molecular flexibility index (Phi) is 7.95. The van der Waals surface area contributed by atoms with Crippen LogP contribution in [-0.4, -0.2) is 30.9 Å². The van der Waals surface area contributed by atoms with E-state index in [0.717, 1.165) is 55.7 Å². The monoisotopic (exact) mass is 359 g/mol. The highest BCUT2D eigenvalue weighted by Crippen LogP contribution is 2.23. The largest absolute Gasteiger partial charge is 0.372 e. The van der Waals surface area contributed by atoms with E-state index in [2.05, 4.69) is 35.4 Å². The molecule has 1 fully saturated rings. The summed E-state index contributed by atoms with van der Waals surface area (Å²) in [7, 11) is 0. The number of rotatable bonds is 7. The highest BCUT2D eigenvalue weighted by atomic mass is 16.2. The molecule has 1 aromatic rings. The maximum atomic E-state index is 12.2. The third-order valence-electron chi connectivity index (χ3n) is 5.15. The zero-order chi connectivity index (χ0) is 18.9. The van der Waals surface area contributed by atoms with Gasteiger partial charge in [-0.15, -0.1) is 0 Å². The standard InChI is InChI=1S/C21H33N3O2/c1-4-24(5-2)18-12-13-19(16(3)14-18)23-21(26)15-20(25)22-17-10-8-6-7-9-11-17/h12-14,17H,4-11,15H2,1-3H3,(H,22,25)(H,23,26). The second-order valence-electron chi connectivity index (χ2n) is 7.15. The minimum absolute atomic E-state index is 0.117. The van der Waals surface area contributed by atoms with Gasteiger partial charge in [0.25, 0.3) is 0 Å². The summed E-state index contributed by atoms with van der Waals surface area (Å²) < 4.78 is 0. The predicted octanol–water partition coefficient (Wildman–Crippen LogP) is 4.01. The molecule has 1 aliphatic rings. The van der Waals surface area contributed by atoms with Crippen molar-refractivity contribution in [3.8, 4) is 0 Å². The van der Waals surface area contributed by atoms with Crippen LogP contribution in [0.5, 0.6) is 0 Å². The number of nitrogens with one attached hydrogen (secondary N) is 2. The number of hydrogen-bond donors (Lipinski definition) is 2. The van der Waals surface area contributed by atoms with E-state index in [1.54, 1.807) is 0 Å². The van der Waals surface area contributed by atoms with Crippen molar-refractivity contribution in [2.45, 2.75) is 71.8 Å². The summed E-state index contributed by atoms with van der Waals surface area (Å²) in [6.07, 6.45) is 6.75. The van der Waals surface area contributed by atoms with Crippen molar-refractivity contribution in [3.63, 3.8) is 0 Å². The van der Waals surface area contributed by atoms with Gasteiger partial charge in [0.15, 0.2) is 0 Å². The number of nitrogens with zero attached hydrogens (tertiary/aromatic N) is 1. The minimum Gasteiger partial charge on any atom is -0.372 e. The summed E-state index contributed by atoms with van der Waals surface area (Å²) in [5, 5.41) is 5.90. The first kappa shape index (κ1) is 20.3. The van der Waals surface area contributed by atoms with E-state index < -0.39 is 0 Å². The molecule has 2 amide bonds. The summed E-state index contributed by atoms with van der Waals surface area (Å²) in [4.78, 5) is 26.6. The fraction of sp³-hybridized carbons (Fsp3) is 0.619. The molecule has 0 aliphatic heterocycles. The van der Waals surface area contributed by atoms with Crippen molar-refractivity contribution in [1.29, 1.82) is 0 Å². The summed E-state index contributed by atoms with van der Waals surface area (Å²) in [6.45, 7) is 8.13. The van der Waals surface area contributed by atoms with Crippen LogP contribution in [0.25, 0.3) is 0 Å². The van der Waals surface area contributed by atoms with Gasteiger partial charge in [-0.3, -0.25) is 9.59 Å². The van der Waals surface area contributed by atoms with Gasteiger partial charge >= 0.3 is 0 Å². The van der Waals surface area contributed by atoms with Gasteiger partial charge in [0.1, 0.15) is 6.42 Å². The molecule has 2 rings (SSSR count). The van der Waals surface area contributed by atoms with E-state index in [1.807, 2.05) is 19.1 Å². The van der Waals surface area contributed by atoms with Gasteiger partial charge in [0.2, 0.25) is 11.8 Å². The predicted molar refractivity (Wildman–Crippen MR) is 108 cm³/mol. The molecule has 5 nitrogen and oxygen atoms in total. The lowest BCUT2D eigenvalue weighted by atomic mass is 10.1. The molecule has 0 bridgehead atoms. The van der Waals surface area contributed by atoms with Crippen LogP contribution in [0.2, 0.25) is 0 Å². The summed E-state index contributed by atoms with van der Waals surface area (Å²) in [5.41, 5.74) is 2.93. The van der Waals surface area contributed by atoms with Gasteiger partial charge in [-0.05, 0) is 57.4 Å². The van der Waals surface area contributed by atoms with Gasteiger partial charge < -0.3 is 15.5 Å². The van der Waals surface area contributed by atoms with Gasteiger partial charge in [-0.25, -0.2) is 0 Å². The molecule has 1 aromatic carbocycles. The normalized spacial score (nSPS) is 15.2. The Morgan fingerprint density at radius 3 is 2.27 bits per heavy atom. The maximum Gasteiger partial charge on any atom is 0.233 e. The summed E-state index contributed by atoms with van der Waals surface area (Å²) in [6, 6.07) is 6.24. The molecule has 0 aromatic heterocycles. The number of carbonyl (C=O) groups excluding carboxylic acids is 2. The SMILES string of the molecule is CCN(CC)c1ccc(NC(=O)CC(=O)NC2CCCCCC2)c(C)c1. The lowest BCUT2D eigenvalue weighted by molar-refractivity contribution is -0.127. The second-order valence-corrected chi connectivity index (χ2v) is 7.15. The molecule has 2 N–H and O–H groups in total. The van der Waals surface area contributed by atoms with Crippen LogP contribution in [-0.2, 0) is 9.59 Å². The molecule has 0 unspecified atom stereocenters. The molecule has 0 spiro atoms. The first-order valence-corrected chi connectivity index (χ1v) is 9.98. The zero-order valence-corrected chi connectivity index (χ0v) is 16.4. The fourth-order valence-electron chi connectivity index (χ4n) is 3.62. The zero-order valence-electron chi connectivity index (χ0n) is 16.4. The molecular weight excluding hydrogens is 326 g/mol. The third-order valence-corrected chi connectivity index (χ3v) is 5.15. The van der Waals surface area contributed by atoms with Crippen LogP contribution in [0, 0.1) is 6.92 Å². The van der Waals surface area contributed by atoms with E-state index in [4.69, 9.17) is 0 Å². The van der Waals surface area contributed by atoms with Crippen molar-refractivity contribution >= 4 is 23.2 Å². The molecule has 0 radical (unpaired) electrons. The average molecular weight is 360 g/mol. The Bertz CT molecular complexity index is 603. The van der Waals surface area contributed by atoms with Gasteiger partial charge in [0.05, 0.1) is 0 Å². The Labute approximate surface area is 157 Å². The molecule has 26 heavy (non-hydrogen) atoms. The first-order valence-electron chi connectivity index (χ1n) is 9.98. The van der Waals surface area contributed by atoms with Crippen molar-refractivity contribution in [2.24, 2.45) is 0 Å². The smallest absolute Gasteiger partial charge is 0.233 e. The van der Waals surface area contributed by atoms with Crippen LogP contribution in [0.4, 0.5) is 11.4 Å². The third kappa shape index (κ3) is 6.04. The van der Waals surface area contributed by atoms with Crippen LogP contribution < -0.4 is 15.5 Å². The van der Waals surface area contributed by atoms with Crippen LogP contribution in [0.3, 0.4) is 0 Å². The Hall–Kier alpha value is -2.04. The molecule has 0 saturated heterocycles. The number of benzene rings is 1. The molecule has 1 saturated carbocycles. The topological polar surface area (TPSA) is 61.4 Å². The van der Waals surface area contributed by atoms with Crippen molar-refractivity contribution in [2.75, 3.05) is 23.3 Å². The minimum atomic E-state index is -0.255. The molecule has 5 heteroatoms. The fourth-order valence-corrected chi connectivity index (χ4v) is 3.62. The Balaban J connectivity index is 1.87. The van der Waals surface area contributed by atoms with Gasteiger partial charge in [-0.1, -0.05) is 25.7 Å². The highest BCUT2D eigenvalue weighted by Gasteiger charge is 2.17. The molecule has 144 valence electrons. The lowest BCUT2D eigenvalue weighted by Gasteiger charge is -2.22. The first-order chi connectivity index (χ1) is 12.5. The van der Waals surface area contributed by atoms with Crippen LogP contribution in [0.1, 0.15) is 64.4 Å². The lowest BCUT2D eigenvalue weighted by Crippen LogP contribution is -2.36. The Morgan fingerprint density at radius 1 is 1.04 bits per heavy atom. The highest BCUT2D eigenvalue weighted by molar-refractivity contribution is 6.04. The summed E-state index contributed by atoms with van der Waals surface area (Å²) in [5.74, 6) is -0.429. The van der Waals surface area contributed by atoms with E-state index in [0.29, 0.717) is 0 Å². The van der Waals surface area contributed by atoms with Crippen LogP contribution in [0.15, 0.2) is 18.2 Å². The Morgan fingerprint density at radius 2 is 1.69 bits per heavy atom. The second kappa shape index (κ2) is 10.2. The quantitative estimate of drug-likeness (QED) is 0.571. The van der Waals surface area contributed by atoms with Crippen LogP contribution >= 0.6 is 0 Å². The summed E-state index contributed by atoms with van der Waals surface area (Å²) >= 11 is 0. The molecular formula is C21H33N3O2. The number of amides is 2. The molecule has 0 atom stereocenters. The average Bonchev–Trinajstić information content (AvgIpc) is 2.86.